The SMILES string of the molecule is CCCCOc1ccc(-c2ccc(C#Cc3cc(F)c(-c4ccc(-c5cc(F)c6c(F)c(F)c(F)cc6c5)c(F)c4)cc3C)cc2)c(F)c1. The zero-order chi connectivity index (χ0) is 34.8. The van der Waals surface area contributed by atoms with Crippen LogP contribution in [0.3, 0.4) is 0 Å². The standard InChI is InChI=1S/C41H27F7O/c1-3-4-15-49-30-12-14-31(36(44)22-30)25-8-5-24(6-9-25)7-10-26-18-35(43)33(16-23(26)2)27-11-13-32(34(42)19-27)28-17-29-21-38(46)40(47)41(48)39(29)37(45)20-28/h5-6,8-9,11-14,16-22H,3-4,15H2,1-2H3. The molecular formula is C41H27F7O. The van der Waals surface area contributed by atoms with E-state index >= 15 is 8.78 Å². The van der Waals surface area contributed by atoms with Gasteiger partial charge in [0.05, 0.1) is 12.0 Å². The minimum Gasteiger partial charge on any atom is -0.493 e. The third-order valence-electron chi connectivity index (χ3n) is 8.17. The predicted molar refractivity (Wildman–Crippen MR) is 178 cm³/mol. The number of hydrogen-bond acceptors (Lipinski definition) is 1. The van der Waals surface area contributed by atoms with Crippen LogP contribution >= 0.6 is 0 Å². The van der Waals surface area contributed by atoms with Crippen LogP contribution in [0.25, 0.3) is 44.2 Å². The van der Waals surface area contributed by atoms with E-state index in [1.807, 2.05) is 6.92 Å². The highest BCUT2D eigenvalue weighted by atomic mass is 19.2. The third kappa shape index (κ3) is 6.88. The lowest BCUT2D eigenvalue weighted by Gasteiger charge is -2.11. The molecule has 0 bridgehead atoms. The van der Waals surface area contributed by atoms with Gasteiger partial charge in [-0.05, 0) is 102 Å². The summed E-state index contributed by atoms with van der Waals surface area (Å²) >= 11 is 0. The molecule has 0 aliphatic heterocycles. The molecule has 8 heteroatoms. The summed E-state index contributed by atoms with van der Waals surface area (Å²) < 4.78 is 107. The van der Waals surface area contributed by atoms with Crippen molar-refractivity contribution in [3.63, 3.8) is 0 Å². The summed E-state index contributed by atoms with van der Waals surface area (Å²) in [5.74, 6) is -1.63. The Morgan fingerprint density at radius 3 is 1.92 bits per heavy atom. The first-order valence-electron chi connectivity index (χ1n) is 15.5. The topological polar surface area (TPSA) is 9.23 Å². The Kier molecular flexibility index (Phi) is 9.46. The van der Waals surface area contributed by atoms with Gasteiger partial charge in [-0.1, -0.05) is 49.5 Å². The van der Waals surface area contributed by atoms with E-state index in [1.54, 1.807) is 43.3 Å². The van der Waals surface area contributed by atoms with Crippen molar-refractivity contribution in [3.05, 3.63) is 148 Å². The zero-order valence-corrected chi connectivity index (χ0v) is 26.3. The van der Waals surface area contributed by atoms with Gasteiger partial charge in [0, 0.05) is 33.9 Å². The molecule has 0 unspecified atom stereocenters. The fraction of sp³-hybridized carbons (Fsp3) is 0.122. The second kappa shape index (κ2) is 13.9. The highest BCUT2D eigenvalue weighted by molar-refractivity contribution is 5.89. The average Bonchev–Trinajstić information content (AvgIpc) is 3.07. The van der Waals surface area contributed by atoms with Gasteiger partial charge in [-0.25, -0.2) is 30.7 Å². The summed E-state index contributed by atoms with van der Waals surface area (Å²) in [6.45, 7) is 4.31. The normalized spacial score (nSPS) is 11.0. The monoisotopic (exact) mass is 668 g/mol. The fourth-order valence-electron chi connectivity index (χ4n) is 5.52. The molecule has 0 atom stereocenters. The number of benzene rings is 6. The van der Waals surface area contributed by atoms with Gasteiger partial charge in [-0.15, -0.1) is 0 Å². The van der Waals surface area contributed by atoms with Crippen molar-refractivity contribution in [1.29, 1.82) is 0 Å². The predicted octanol–water partition coefficient (Wildman–Crippen LogP) is 11.7. The van der Waals surface area contributed by atoms with Crippen LogP contribution < -0.4 is 4.74 Å². The van der Waals surface area contributed by atoms with Crippen molar-refractivity contribution in [2.24, 2.45) is 0 Å². The molecule has 0 radical (unpaired) electrons. The molecule has 0 aliphatic carbocycles. The lowest BCUT2D eigenvalue weighted by molar-refractivity contribution is 0.308. The van der Waals surface area contributed by atoms with Crippen molar-refractivity contribution >= 4 is 10.8 Å². The van der Waals surface area contributed by atoms with E-state index in [0.29, 0.717) is 46.2 Å². The first-order valence-corrected chi connectivity index (χ1v) is 15.5. The van der Waals surface area contributed by atoms with Crippen molar-refractivity contribution < 1.29 is 35.5 Å². The van der Waals surface area contributed by atoms with Crippen LogP contribution in [0.2, 0.25) is 0 Å². The molecule has 6 aromatic carbocycles. The summed E-state index contributed by atoms with van der Waals surface area (Å²) in [5, 5.41) is -1.03. The molecule has 6 rings (SSSR count). The number of halogens is 7. The first-order chi connectivity index (χ1) is 23.5. The molecule has 0 saturated heterocycles. The molecule has 0 spiro atoms. The van der Waals surface area contributed by atoms with Crippen molar-refractivity contribution in [2.45, 2.75) is 26.7 Å². The molecular weight excluding hydrogens is 641 g/mol. The highest BCUT2D eigenvalue weighted by Gasteiger charge is 2.19. The van der Waals surface area contributed by atoms with E-state index in [-0.39, 0.29) is 27.6 Å². The average molecular weight is 669 g/mol. The van der Waals surface area contributed by atoms with E-state index in [9.17, 15) is 22.0 Å². The van der Waals surface area contributed by atoms with Gasteiger partial charge in [0.2, 0.25) is 0 Å². The van der Waals surface area contributed by atoms with E-state index in [2.05, 4.69) is 11.8 Å². The van der Waals surface area contributed by atoms with Crippen LogP contribution in [0.1, 0.15) is 36.5 Å². The minimum absolute atomic E-state index is 0.0368. The van der Waals surface area contributed by atoms with Gasteiger partial charge in [0.15, 0.2) is 17.5 Å². The number of rotatable bonds is 7. The largest absolute Gasteiger partial charge is 0.493 e. The second-order valence-corrected chi connectivity index (χ2v) is 11.6. The Labute approximate surface area is 278 Å². The van der Waals surface area contributed by atoms with Crippen molar-refractivity contribution in [2.75, 3.05) is 6.61 Å². The van der Waals surface area contributed by atoms with Crippen molar-refractivity contribution in [3.8, 4) is 51.0 Å². The quantitative estimate of drug-likeness (QED) is 0.0712. The molecule has 246 valence electrons. The maximum absolute atomic E-state index is 15.3. The number of unbranched alkanes of at least 4 members (excludes halogenated alkanes) is 1. The molecule has 0 amide bonds. The maximum atomic E-state index is 15.3. The summed E-state index contributed by atoms with van der Waals surface area (Å²) in [4.78, 5) is 0. The molecule has 0 aliphatic rings. The molecule has 1 nitrogen and oxygen atoms in total. The lowest BCUT2D eigenvalue weighted by atomic mass is 9.95. The van der Waals surface area contributed by atoms with Crippen molar-refractivity contribution in [1.82, 2.24) is 0 Å². The van der Waals surface area contributed by atoms with Gasteiger partial charge in [-0.3, -0.25) is 0 Å². The van der Waals surface area contributed by atoms with Gasteiger partial charge in [0.25, 0.3) is 0 Å². The molecule has 49 heavy (non-hydrogen) atoms. The minimum atomic E-state index is -1.80. The Morgan fingerprint density at radius 2 is 1.20 bits per heavy atom. The van der Waals surface area contributed by atoms with E-state index in [4.69, 9.17) is 4.74 Å². The summed E-state index contributed by atoms with van der Waals surface area (Å²) in [6.07, 6.45) is 1.87. The first kappa shape index (κ1) is 33.4. The number of fused-ring (bicyclic) bond motifs is 1. The Balaban J connectivity index is 1.22. The molecule has 0 aromatic heterocycles. The molecule has 0 heterocycles. The smallest absolute Gasteiger partial charge is 0.195 e. The van der Waals surface area contributed by atoms with Crippen LogP contribution in [-0.4, -0.2) is 6.61 Å². The fourth-order valence-corrected chi connectivity index (χ4v) is 5.52. The summed E-state index contributed by atoms with van der Waals surface area (Å²) in [6, 6.07) is 20.9. The van der Waals surface area contributed by atoms with Crippen LogP contribution in [-0.2, 0) is 0 Å². The number of ether oxygens (including phenoxy) is 1. The summed E-state index contributed by atoms with van der Waals surface area (Å²) in [5.41, 5.74) is 2.92. The molecule has 0 N–H and O–H groups in total. The highest BCUT2D eigenvalue weighted by Crippen LogP contribution is 2.35. The molecule has 0 fully saturated rings. The van der Waals surface area contributed by atoms with Crippen LogP contribution in [0.15, 0.2) is 91.0 Å². The van der Waals surface area contributed by atoms with E-state index in [0.717, 1.165) is 31.0 Å². The van der Waals surface area contributed by atoms with E-state index < -0.39 is 46.1 Å². The maximum Gasteiger partial charge on any atom is 0.195 e. The van der Waals surface area contributed by atoms with Gasteiger partial charge >= 0.3 is 0 Å². The van der Waals surface area contributed by atoms with Gasteiger partial charge in [0.1, 0.15) is 29.0 Å². The number of aryl methyl sites for hydroxylation is 1. The van der Waals surface area contributed by atoms with E-state index in [1.165, 1.54) is 30.3 Å². The van der Waals surface area contributed by atoms with Gasteiger partial charge < -0.3 is 4.74 Å². The third-order valence-corrected chi connectivity index (χ3v) is 8.17. The van der Waals surface area contributed by atoms with Crippen LogP contribution in [0, 0.1) is 59.5 Å². The van der Waals surface area contributed by atoms with Crippen LogP contribution in [0.4, 0.5) is 30.7 Å². The Bertz CT molecular complexity index is 2280. The molecule has 0 saturated carbocycles. The van der Waals surface area contributed by atoms with Crippen LogP contribution in [0.5, 0.6) is 5.75 Å². The Morgan fingerprint density at radius 1 is 0.551 bits per heavy atom. The van der Waals surface area contributed by atoms with Gasteiger partial charge in [-0.2, -0.15) is 0 Å². The Hall–Kier alpha value is -5.55. The lowest BCUT2D eigenvalue weighted by Crippen LogP contribution is -1.97. The molecule has 6 aromatic rings. The number of hydrogen-bond donors (Lipinski definition) is 0. The zero-order valence-electron chi connectivity index (χ0n) is 26.3. The summed E-state index contributed by atoms with van der Waals surface area (Å²) in [7, 11) is 0. The second-order valence-electron chi connectivity index (χ2n) is 11.6.